The van der Waals surface area contributed by atoms with Crippen LogP contribution in [0.4, 0.5) is 0 Å². The van der Waals surface area contributed by atoms with Gasteiger partial charge in [-0.1, -0.05) is 51.0 Å². The highest BCUT2D eigenvalue weighted by Crippen LogP contribution is 2.53. The van der Waals surface area contributed by atoms with Crippen molar-refractivity contribution in [1.29, 1.82) is 0 Å². The Morgan fingerprint density at radius 1 is 1.42 bits per heavy atom. The zero-order valence-corrected chi connectivity index (χ0v) is 17.6. The maximum atomic E-state index is 10.7. The third-order valence-electron chi connectivity index (χ3n) is 6.27. The van der Waals surface area contributed by atoms with Crippen LogP contribution in [0.25, 0.3) is 0 Å². The molecule has 0 bridgehead atoms. The van der Waals surface area contributed by atoms with E-state index in [0.717, 1.165) is 18.3 Å². The molecule has 0 aromatic carbocycles. The van der Waals surface area contributed by atoms with Crippen LogP contribution in [-0.4, -0.2) is 23.8 Å². The van der Waals surface area contributed by atoms with Crippen LogP contribution in [0.15, 0.2) is 23.8 Å². The Morgan fingerprint density at radius 3 is 2.69 bits per heavy atom. The Kier molecular flexibility index (Phi) is 9.63. The van der Waals surface area contributed by atoms with Crippen molar-refractivity contribution in [3.8, 4) is 0 Å². The van der Waals surface area contributed by atoms with Crippen LogP contribution in [0.3, 0.4) is 0 Å². The normalized spacial score (nSPS) is 28.8. The SMILES string of the molecule is C=C(C)C1CCC2=CCCC(C)C2(C)C1.CCCC(O)CC(=O)OCC. The van der Waals surface area contributed by atoms with Gasteiger partial charge in [0.2, 0.25) is 0 Å². The number of hydrogen-bond acceptors (Lipinski definition) is 3. The number of allylic oxidation sites excluding steroid dienone is 3. The van der Waals surface area contributed by atoms with Crippen molar-refractivity contribution < 1.29 is 14.6 Å². The van der Waals surface area contributed by atoms with Crippen molar-refractivity contribution in [3.63, 3.8) is 0 Å². The summed E-state index contributed by atoms with van der Waals surface area (Å²) in [5, 5.41) is 9.15. The van der Waals surface area contributed by atoms with Gasteiger partial charge in [-0.2, -0.15) is 0 Å². The lowest BCUT2D eigenvalue weighted by Crippen LogP contribution is -2.36. The Bertz CT molecular complexity index is 494. The standard InChI is InChI=1S/C15H24.C8H16O3/c1-11(2)13-8-9-14-7-5-6-12(3)15(14,4)10-13;1-3-5-7(9)6-8(10)11-4-2/h7,12-13H,1,5-6,8-10H2,2-4H3;7,9H,3-6H2,1-2H3. The van der Waals surface area contributed by atoms with E-state index in [1.54, 1.807) is 12.5 Å². The molecular weight excluding hydrogens is 324 g/mol. The molecule has 4 unspecified atom stereocenters. The van der Waals surface area contributed by atoms with Gasteiger partial charge in [0.15, 0.2) is 0 Å². The summed E-state index contributed by atoms with van der Waals surface area (Å²) in [6.45, 7) is 15.4. The number of hydrogen-bond donors (Lipinski definition) is 1. The predicted molar refractivity (Wildman–Crippen MR) is 109 cm³/mol. The number of fused-ring (bicyclic) bond motifs is 1. The third kappa shape index (κ3) is 6.57. The van der Waals surface area contributed by atoms with E-state index in [1.165, 1.54) is 37.7 Å². The van der Waals surface area contributed by atoms with Gasteiger partial charge >= 0.3 is 5.97 Å². The fourth-order valence-electron chi connectivity index (χ4n) is 4.31. The molecule has 0 saturated heterocycles. The van der Waals surface area contributed by atoms with Gasteiger partial charge in [0.1, 0.15) is 0 Å². The summed E-state index contributed by atoms with van der Waals surface area (Å²) in [5.74, 6) is 1.32. The van der Waals surface area contributed by atoms with E-state index in [0.29, 0.717) is 18.4 Å². The average molecular weight is 365 g/mol. The summed E-state index contributed by atoms with van der Waals surface area (Å²) in [7, 11) is 0. The van der Waals surface area contributed by atoms with E-state index in [2.05, 4.69) is 38.2 Å². The van der Waals surface area contributed by atoms with E-state index in [1.807, 2.05) is 6.92 Å². The van der Waals surface area contributed by atoms with Gasteiger partial charge in [-0.05, 0) is 69.6 Å². The van der Waals surface area contributed by atoms with Gasteiger partial charge < -0.3 is 9.84 Å². The summed E-state index contributed by atoms with van der Waals surface area (Å²) in [6, 6.07) is 0. The van der Waals surface area contributed by atoms with Gasteiger partial charge in [-0.25, -0.2) is 0 Å². The number of carbonyl (C=O) groups excluding carboxylic acids is 1. The minimum absolute atomic E-state index is 0.127. The minimum atomic E-state index is -0.529. The highest BCUT2D eigenvalue weighted by Gasteiger charge is 2.41. The number of aliphatic hydroxyl groups excluding tert-OH is 1. The van der Waals surface area contributed by atoms with Crippen LogP contribution in [-0.2, 0) is 9.53 Å². The van der Waals surface area contributed by atoms with Crippen molar-refractivity contribution in [2.75, 3.05) is 6.61 Å². The predicted octanol–water partition coefficient (Wildman–Crippen LogP) is 5.83. The summed E-state index contributed by atoms with van der Waals surface area (Å²) >= 11 is 0. The molecule has 2 aliphatic rings. The van der Waals surface area contributed by atoms with Crippen LogP contribution in [0, 0.1) is 17.3 Å². The molecule has 1 fully saturated rings. The maximum Gasteiger partial charge on any atom is 0.308 e. The van der Waals surface area contributed by atoms with Crippen LogP contribution in [0.5, 0.6) is 0 Å². The fourth-order valence-corrected chi connectivity index (χ4v) is 4.31. The van der Waals surface area contributed by atoms with E-state index in [-0.39, 0.29) is 12.4 Å². The first-order valence-electron chi connectivity index (χ1n) is 10.4. The first-order chi connectivity index (χ1) is 12.2. The van der Waals surface area contributed by atoms with Crippen LogP contribution in [0.2, 0.25) is 0 Å². The van der Waals surface area contributed by atoms with Gasteiger partial charge in [0, 0.05) is 0 Å². The molecule has 0 aliphatic heterocycles. The zero-order valence-electron chi connectivity index (χ0n) is 17.6. The molecule has 26 heavy (non-hydrogen) atoms. The molecule has 0 radical (unpaired) electrons. The topological polar surface area (TPSA) is 46.5 Å². The van der Waals surface area contributed by atoms with E-state index < -0.39 is 6.10 Å². The molecule has 0 amide bonds. The zero-order chi connectivity index (χ0) is 19.7. The second-order valence-electron chi connectivity index (χ2n) is 8.36. The average Bonchev–Trinajstić information content (AvgIpc) is 2.56. The summed E-state index contributed by atoms with van der Waals surface area (Å²) < 4.78 is 4.66. The first kappa shape index (κ1) is 23.0. The molecule has 150 valence electrons. The van der Waals surface area contributed by atoms with Gasteiger partial charge in [-0.15, -0.1) is 0 Å². The summed E-state index contributed by atoms with van der Waals surface area (Å²) in [6.07, 6.45) is 10.4. The van der Waals surface area contributed by atoms with Crippen molar-refractivity contribution in [1.82, 2.24) is 0 Å². The molecule has 1 saturated carbocycles. The molecule has 0 aromatic heterocycles. The van der Waals surface area contributed by atoms with Gasteiger partial charge in [-0.3, -0.25) is 4.79 Å². The molecule has 0 aromatic rings. The number of aliphatic hydroxyl groups is 1. The Morgan fingerprint density at radius 2 is 2.12 bits per heavy atom. The van der Waals surface area contributed by atoms with E-state index in [9.17, 15) is 4.79 Å². The lowest BCUT2D eigenvalue weighted by atomic mass is 9.58. The maximum absolute atomic E-state index is 10.7. The smallest absolute Gasteiger partial charge is 0.308 e. The second-order valence-corrected chi connectivity index (χ2v) is 8.36. The number of esters is 1. The molecule has 0 spiro atoms. The molecular formula is C23H40O3. The number of ether oxygens (including phenoxy) is 1. The summed E-state index contributed by atoms with van der Waals surface area (Å²) in [4.78, 5) is 10.7. The molecule has 4 atom stereocenters. The molecule has 1 N–H and O–H groups in total. The van der Waals surface area contributed by atoms with Crippen molar-refractivity contribution in [2.45, 2.75) is 92.1 Å². The largest absolute Gasteiger partial charge is 0.466 e. The van der Waals surface area contributed by atoms with E-state index in [4.69, 9.17) is 5.11 Å². The molecule has 3 heteroatoms. The fraction of sp³-hybridized carbons (Fsp3) is 0.783. The van der Waals surface area contributed by atoms with Crippen molar-refractivity contribution in [3.05, 3.63) is 23.8 Å². The molecule has 2 aliphatic carbocycles. The Hall–Kier alpha value is -1.09. The second kappa shape index (κ2) is 10.9. The highest BCUT2D eigenvalue weighted by atomic mass is 16.5. The monoisotopic (exact) mass is 364 g/mol. The van der Waals surface area contributed by atoms with Crippen LogP contribution < -0.4 is 0 Å². The number of carbonyl (C=O) groups is 1. The highest BCUT2D eigenvalue weighted by molar-refractivity contribution is 5.69. The lowest BCUT2D eigenvalue weighted by Gasteiger charge is -2.47. The number of rotatable bonds is 6. The summed E-state index contributed by atoms with van der Waals surface area (Å²) in [5.41, 5.74) is 3.63. The van der Waals surface area contributed by atoms with Gasteiger partial charge in [0.05, 0.1) is 19.1 Å². The third-order valence-corrected chi connectivity index (χ3v) is 6.27. The van der Waals surface area contributed by atoms with Crippen LogP contribution in [0.1, 0.15) is 86.0 Å². The molecule has 0 heterocycles. The minimum Gasteiger partial charge on any atom is -0.466 e. The van der Waals surface area contributed by atoms with Crippen molar-refractivity contribution >= 4 is 5.97 Å². The van der Waals surface area contributed by atoms with Crippen LogP contribution >= 0.6 is 0 Å². The quantitative estimate of drug-likeness (QED) is 0.477. The molecule has 2 rings (SSSR count). The van der Waals surface area contributed by atoms with Gasteiger partial charge in [0.25, 0.3) is 0 Å². The first-order valence-corrected chi connectivity index (χ1v) is 10.4. The molecule has 3 nitrogen and oxygen atoms in total. The Balaban J connectivity index is 0.000000276. The van der Waals surface area contributed by atoms with E-state index >= 15 is 0 Å². The Labute approximate surface area is 160 Å². The lowest BCUT2D eigenvalue weighted by molar-refractivity contribution is -0.145. The van der Waals surface area contributed by atoms with Crippen molar-refractivity contribution in [2.24, 2.45) is 17.3 Å².